The normalized spacial score (nSPS) is 13.2. The van der Waals surface area contributed by atoms with Crippen molar-refractivity contribution in [2.45, 2.75) is 30.0 Å². The molecule has 1 aromatic rings. The van der Waals surface area contributed by atoms with Gasteiger partial charge in [-0.2, -0.15) is 0 Å². The van der Waals surface area contributed by atoms with Crippen molar-refractivity contribution in [1.29, 1.82) is 0 Å². The summed E-state index contributed by atoms with van der Waals surface area (Å²) in [6.07, 6.45) is 0. The van der Waals surface area contributed by atoms with E-state index in [1.807, 2.05) is 20.9 Å². The lowest BCUT2D eigenvalue weighted by Crippen LogP contribution is -2.40. The second kappa shape index (κ2) is 9.74. The van der Waals surface area contributed by atoms with Crippen LogP contribution in [0, 0.1) is 0 Å². The Bertz CT molecular complexity index is 446. The van der Waals surface area contributed by atoms with Gasteiger partial charge in [-0.25, -0.2) is 0 Å². The Hall–Kier alpha value is -0.130. The van der Waals surface area contributed by atoms with Crippen molar-refractivity contribution in [3.8, 4) is 0 Å². The summed E-state index contributed by atoms with van der Waals surface area (Å²) in [7, 11) is 1.86. The zero-order chi connectivity index (χ0) is 14.4. The Morgan fingerprint density at radius 2 is 2.00 bits per heavy atom. The lowest BCUT2D eigenvalue weighted by molar-refractivity contribution is -0.120. The molecule has 1 rings (SSSR count). The van der Waals surface area contributed by atoms with E-state index in [9.17, 15) is 4.79 Å². The van der Waals surface area contributed by atoms with Crippen LogP contribution < -0.4 is 10.6 Å². The van der Waals surface area contributed by atoms with Gasteiger partial charge in [-0.3, -0.25) is 4.79 Å². The number of halogens is 3. The summed E-state index contributed by atoms with van der Waals surface area (Å²) < 4.78 is 0. The second-order valence-corrected chi connectivity index (χ2v) is 6.50. The molecule has 0 radical (unpaired) electrons. The number of hydrogen-bond donors (Lipinski definition) is 2. The smallest absolute Gasteiger partial charge is 0.233 e. The summed E-state index contributed by atoms with van der Waals surface area (Å²) in [4.78, 5) is 12.7. The van der Waals surface area contributed by atoms with Crippen LogP contribution in [0.5, 0.6) is 0 Å². The molecule has 0 aliphatic rings. The van der Waals surface area contributed by atoms with Gasteiger partial charge in [-0.1, -0.05) is 23.2 Å². The SMILES string of the molecule is CNC(C)CNC(=O)C(C)Sc1cc(Cl)ccc1Cl.Cl. The Kier molecular flexibility index (Phi) is 9.68. The van der Waals surface area contributed by atoms with Gasteiger partial charge in [-0.05, 0) is 39.1 Å². The van der Waals surface area contributed by atoms with E-state index in [1.165, 1.54) is 11.8 Å². The molecule has 0 bridgehead atoms. The zero-order valence-corrected chi connectivity index (χ0v) is 14.7. The van der Waals surface area contributed by atoms with Crippen molar-refractivity contribution in [3.63, 3.8) is 0 Å². The van der Waals surface area contributed by atoms with Gasteiger partial charge in [0.25, 0.3) is 0 Å². The van der Waals surface area contributed by atoms with Gasteiger partial charge < -0.3 is 10.6 Å². The molecule has 114 valence electrons. The first-order chi connectivity index (χ1) is 8.93. The standard InChI is InChI=1S/C13H18Cl2N2OS.ClH/c1-8(16-3)7-17-13(18)9(2)19-12-6-10(14)4-5-11(12)15;/h4-6,8-9,16H,7H2,1-3H3,(H,17,18);1H. The quantitative estimate of drug-likeness (QED) is 0.764. The highest BCUT2D eigenvalue weighted by atomic mass is 35.5. The average molecular weight is 358 g/mol. The minimum Gasteiger partial charge on any atom is -0.354 e. The van der Waals surface area contributed by atoms with E-state index < -0.39 is 0 Å². The molecular weight excluding hydrogens is 339 g/mol. The monoisotopic (exact) mass is 356 g/mol. The van der Waals surface area contributed by atoms with E-state index in [0.717, 1.165) is 4.90 Å². The molecule has 2 N–H and O–H groups in total. The summed E-state index contributed by atoms with van der Waals surface area (Å²) in [6, 6.07) is 5.48. The van der Waals surface area contributed by atoms with Gasteiger partial charge in [-0.15, -0.1) is 24.2 Å². The molecule has 1 aromatic carbocycles. The first-order valence-electron chi connectivity index (χ1n) is 6.00. The number of thioether (sulfide) groups is 1. The molecule has 3 nitrogen and oxygen atoms in total. The molecule has 0 aliphatic carbocycles. The number of carbonyl (C=O) groups excluding carboxylic acids is 1. The van der Waals surface area contributed by atoms with Crippen molar-refractivity contribution in [2.75, 3.05) is 13.6 Å². The highest BCUT2D eigenvalue weighted by molar-refractivity contribution is 8.00. The second-order valence-electron chi connectivity index (χ2n) is 4.27. The van der Waals surface area contributed by atoms with Gasteiger partial charge in [0.15, 0.2) is 0 Å². The largest absolute Gasteiger partial charge is 0.354 e. The maximum atomic E-state index is 11.9. The molecule has 0 spiro atoms. The molecule has 20 heavy (non-hydrogen) atoms. The minimum absolute atomic E-state index is 0. The Morgan fingerprint density at radius 3 is 2.60 bits per heavy atom. The van der Waals surface area contributed by atoms with E-state index in [1.54, 1.807) is 18.2 Å². The van der Waals surface area contributed by atoms with Crippen LogP contribution >= 0.6 is 47.4 Å². The molecule has 0 saturated carbocycles. The Balaban J connectivity index is 0.00000361. The summed E-state index contributed by atoms with van der Waals surface area (Å²) in [5.74, 6) is -0.0110. The maximum absolute atomic E-state index is 11.9. The lowest BCUT2D eigenvalue weighted by atomic mass is 10.3. The third-order valence-electron chi connectivity index (χ3n) is 2.64. The molecular formula is C13H19Cl3N2OS. The summed E-state index contributed by atoms with van der Waals surface area (Å²) in [5, 5.41) is 6.96. The molecule has 0 saturated heterocycles. The number of carbonyl (C=O) groups is 1. The first kappa shape index (κ1) is 19.9. The van der Waals surface area contributed by atoms with Crippen molar-refractivity contribution in [3.05, 3.63) is 28.2 Å². The van der Waals surface area contributed by atoms with Crippen LogP contribution in [0.25, 0.3) is 0 Å². The number of rotatable bonds is 6. The average Bonchev–Trinajstić information content (AvgIpc) is 2.39. The lowest BCUT2D eigenvalue weighted by Gasteiger charge is -2.15. The van der Waals surface area contributed by atoms with Crippen molar-refractivity contribution < 1.29 is 4.79 Å². The number of benzene rings is 1. The summed E-state index contributed by atoms with van der Waals surface area (Å²) in [5.41, 5.74) is 0. The molecule has 2 atom stereocenters. The van der Waals surface area contributed by atoms with Crippen LogP contribution in [0.15, 0.2) is 23.1 Å². The zero-order valence-electron chi connectivity index (χ0n) is 11.6. The third kappa shape index (κ3) is 6.55. The van der Waals surface area contributed by atoms with Gasteiger partial charge in [0, 0.05) is 22.5 Å². The van der Waals surface area contributed by atoms with Crippen molar-refractivity contribution in [2.24, 2.45) is 0 Å². The van der Waals surface area contributed by atoms with Crippen molar-refractivity contribution >= 4 is 53.3 Å². The van der Waals surface area contributed by atoms with Crippen LogP contribution in [0.1, 0.15) is 13.8 Å². The van der Waals surface area contributed by atoms with Gasteiger partial charge in [0.2, 0.25) is 5.91 Å². The molecule has 1 amide bonds. The van der Waals surface area contributed by atoms with Gasteiger partial charge in [0.1, 0.15) is 0 Å². The fraction of sp³-hybridized carbons (Fsp3) is 0.462. The highest BCUT2D eigenvalue weighted by Crippen LogP contribution is 2.32. The van der Waals surface area contributed by atoms with Crippen LogP contribution in [-0.2, 0) is 4.79 Å². The van der Waals surface area contributed by atoms with Crippen LogP contribution in [0.2, 0.25) is 10.0 Å². The predicted octanol–water partition coefficient (Wildman–Crippen LogP) is 3.62. The fourth-order valence-electron chi connectivity index (χ4n) is 1.31. The number of likely N-dealkylation sites (N-methyl/N-ethyl adjacent to an activating group) is 1. The predicted molar refractivity (Wildman–Crippen MR) is 90.6 cm³/mol. The molecule has 2 unspecified atom stereocenters. The van der Waals surface area contributed by atoms with E-state index in [-0.39, 0.29) is 29.6 Å². The summed E-state index contributed by atoms with van der Waals surface area (Å²) >= 11 is 13.4. The third-order valence-corrected chi connectivity index (χ3v) is 4.48. The summed E-state index contributed by atoms with van der Waals surface area (Å²) in [6.45, 7) is 4.46. The van der Waals surface area contributed by atoms with Crippen molar-refractivity contribution in [1.82, 2.24) is 10.6 Å². The minimum atomic E-state index is -0.222. The number of amides is 1. The highest BCUT2D eigenvalue weighted by Gasteiger charge is 2.16. The maximum Gasteiger partial charge on any atom is 0.233 e. The number of nitrogens with one attached hydrogen (secondary N) is 2. The van der Waals surface area contributed by atoms with Gasteiger partial charge >= 0.3 is 0 Å². The van der Waals surface area contributed by atoms with E-state index in [2.05, 4.69) is 10.6 Å². The van der Waals surface area contributed by atoms with E-state index in [0.29, 0.717) is 16.6 Å². The van der Waals surface area contributed by atoms with Crippen LogP contribution in [0.3, 0.4) is 0 Å². The van der Waals surface area contributed by atoms with Crippen LogP contribution in [-0.4, -0.2) is 30.8 Å². The van der Waals surface area contributed by atoms with E-state index >= 15 is 0 Å². The Labute approximate surface area is 140 Å². The molecule has 0 aliphatic heterocycles. The molecule has 0 fully saturated rings. The topological polar surface area (TPSA) is 41.1 Å². The molecule has 7 heteroatoms. The van der Waals surface area contributed by atoms with Crippen LogP contribution in [0.4, 0.5) is 0 Å². The Morgan fingerprint density at radius 1 is 1.35 bits per heavy atom. The number of hydrogen-bond acceptors (Lipinski definition) is 3. The molecule has 0 aromatic heterocycles. The van der Waals surface area contributed by atoms with E-state index in [4.69, 9.17) is 23.2 Å². The molecule has 0 heterocycles. The fourth-order valence-corrected chi connectivity index (χ4v) is 2.75. The van der Waals surface area contributed by atoms with Gasteiger partial charge in [0.05, 0.1) is 10.3 Å². The first-order valence-corrected chi connectivity index (χ1v) is 7.64.